The summed E-state index contributed by atoms with van der Waals surface area (Å²) in [6.07, 6.45) is 0.650. The van der Waals surface area contributed by atoms with Crippen molar-refractivity contribution in [2.75, 3.05) is 11.9 Å². The highest BCUT2D eigenvalue weighted by Gasteiger charge is 2.04. The number of amides is 2. The first kappa shape index (κ1) is 15.7. The highest BCUT2D eigenvalue weighted by molar-refractivity contribution is 6.35. The largest absolute Gasteiger partial charge is 0.338 e. The fraction of sp³-hybridized carbons (Fsp3) is 0.188. The summed E-state index contributed by atoms with van der Waals surface area (Å²) in [5.41, 5.74) is 2.83. The van der Waals surface area contributed by atoms with Gasteiger partial charge in [-0.2, -0.15) is 0 Å². The van der Waals surface area contributed by atoms with Crippen molar-refractivity contribution in [1.82, 2.24) is 5.32 Å². The van der Waals surface area contributed by atoms with Gasteiger partial charge >= 0.3 is 6.03 Å². The van der Waals surface area contributed by atoms with E-state index >= 15 is 0 Å². The number of hydrogen-bond donors (Lipinski definition) is 2. The molecular weight excluding hydrogens is 307 g/mol. The summed E-state index contributed by atoms with van der Waals surface area (Å²) in [5, 5.41) is 6.81. The molecule has 0 aromatic heterocycles. The maximum atomic E-state index is 11.8. The van der Waals surface area contributed by atoms with E-state index in [1.165, 1.54) is 0 Å². The number of rotatable bonds is 4. The summed E-state index contributed by atoms with van der Waals surface area (Å²) in [4.78, 5) is 11.8. The van der Waals surface area contributed by atoms with Gasteiger partial charge in [0.2, 0.25) is 0 Å². The predicted octanol–water partition coefficient (Wildman–Crippen LogP) is 4.67. The third-order valence-corrected chi connectivity index (χ3v) is 3.56. The number of halogens is 2. The Morgan fingerprint density at radius 2 is 1.95 bits per heavy atom. The molecule has 0 aliphatic heterocycles. The van der Waals surface area contributed by atoms with Crippen LogP contribution in [-0.4, -0.2) is 12.6 Å². The quantitative estimate of drug-likeness (QED) is 0.844. The van der Waals surface area contributed by atoms with E-state index < -0.39 is 0 Å². The van der Waals surface area contributed by atoms with Crippen molar-refractivity contribution < 1.29 is 4.79 Å². The van der Waals surface area contributed by atoms with Crippen LogP contribution in [0.3, 0.4) is 0 Å². The Kier molecular flexibility index (Phi) is 5.48. The van der Waals surface area contributed by atoms with Crippen molar-refractivity contribution in [2.24, 2.45) is 0 Å². The number of nitrogens with one attached hydrogen (secondary N) is 2. The Morgan fingerprint density at radius 3 is 2.67 bits per heavy atom. The maximum Gasteiger partial charge on any atom is 0.319 e. The van der Waals surface area contributed by atoms with Gasteiger partial charge in [0.05, 0.1) is 0 Å². The molecule has 0 heterocycles. The number of carbonyl (C=O) groups is 1. The molecule has 0 saturated heterocycles. The molecule has 0 aliphatic carbocycles. The van der Waals surface area contributed by atoms with Crippen LogP contribution in [0, 0.1) is 6.92 Å². The van der Waals surface area contributed by atoms with Crippen molar-refractivity contribution in [3.63, 3.8) is 0 Å². The first-order chi connectivity index (χ1) is 10.0. The van der Waals surface area contributed by atoms with Crippen molar-refractivity contribution >= 4 is 34.9 Å². The molecule has 21 heavy (non-hydrogen) atoms. The molecule has 3 nitrogen and oxygen atoms in total. The minimum absolute atomic E-state index is 0.231. The summed E-state index contributed by atoms with van der Waals surface area (Å²) in [6.45, 7) is 2.48. The summed E-state index contributed by atoms with van der Waals surface area (Å²) < 4.78 is 0. The Balaban J connectivity index is 1.81. The lowest BCUT2D eigenvalue weighted by molar-refractivity contribution is 0.252. The van der Waals surface area contributed by atoms with Gasteiger partial charge in [-0.3, -0.25) is 0 Å². The molecule has 0 bridgehead atoms. The molecule has 0 radical (unpaired) electrons. The van der Waals surface area contributed by atoms with Gasteiger partial charge in [-0.05, 0) is 48.7 Å². The number of anilines is 1. The van der Waals surface area contributed by atoms with Crippen LogP contribution in [-0.2, 0) is 6.42 Å². The van der Waals surface area contributed by atoms with Gasteiger partial charge in [0.25, 0.3) is 0 Å². The van der Waals surface area contributed by atoms with E-state index in [1.54, 1.807) is 12.1 Å². The molecule has 0 spiro atoms. The van der Waals surface area contributed by atoms with Crippen LogP contribution >= 0.6 is 23.2 Å². The summed E-state index contributed by atoms with van der Waals surface area (Å²) in [5.74, 6) is 0. The molecule has 2 aromatic carbocycles. The first-order valence-corrected chi connectivity index (χ1v) is 7.35. The van der Waals surface area contributed by atoms with Crippen LogP contribution < -0.4 is 10.6 Å². The molecule has 2 amide bonds. The van der Waals surface area contributed by atoms with Crippen molar-refractivity contribution in [3.8, 4) is 0 Å². The molecule has 2 aromatic rings. The smallest absolute Gasteiger partial charge is 0.319 e. The zero-order valence-corrected chi connectivity index (χ0v) is 13.1. The van der Waals surface area contributed by atoms with E-state index in [4.69, 9.17) is 23.2 Å². The van der Waals surface area contributed by atoms with Crippen molar-refractivity contribution in [2.45, 2.75) is 13.3 Å². The highest BCUT2D eigenvalue weighted by Crippen LogP contribution is 2.21. The fourth-order valence-corrected chi connectivity index (χ4v) is 2.44. The van der Waals surface area contributed by atoms with E-state index in [-0.39, 0.29) is 6.03 Å². The van der Waals surface area contributed by atoms with Crippen LogP contribution in [0.25, 0.3) is 0 Å². The lowest BCUT2D eigenvalue weighted by Gasteiger charge is -2.09. The number of hydrogen-bond acceptors (Lipinski definition) is 1. The topological polar surface area (TPSA) is 41.1 Å². The second-order valence-corrected chi connectivity index (χ2v) is 5.58. The number of urea groups is 1. The third kappa shape index (κ3) is 4.96. The second kappa shape index (κ2) is 7.34. The molecule has 0 atom stereocenters. The van der Waals surface area contributed by atoms with Gasteiger partial charge in [-0.25, -0.2) is 4.79 Å². The van der Waals surface area contributed by atoms with Gasteiger partial charge < -0.3 is 10.6 Å². The molecule has 2 N–H and O–H groups in total. The first-order valence-electron chi connectivity index (χ1n) is 6.60. The van der Waals surface area contributed by atoms with Crippen LogP contribution in [0.4, 0.5) is 10.5 Å². The minimum atomic E-state index is -0.231. The van der Waals surface area contributed by atoms with Crippen LogP contribution in [0.15, 0.2) is 42.5 Å². The fourth-order valence-electron chi connectivity index (χ4n) is 1.93. The van der Waals surface area contributed by atoms with Gasteiger partial charge in [0.1, 0.15) is 0 Å². The van der Waals surface area contributed by atoms with Gasteiger partial charge in [-0.15, -0.1) is 0 Å². The van der Waals surface area contributed by atoms with Gasteiger partial charge in [0, 0.05) is 22.3 Å². The van der Waals surface area contributed by atoms with E-state index in [9.17, 15) is 4.79 Å². The molecule has 0 unspecified atom stereocenters. The van der Waals surface area contributed by atoms with Crippen LogP contribution in [0.1, 0.15) is 11.1 Å². The lowest BCUT2D eigenvalue weighted by Crippen LogP contribution is -2.30. The van der Waals surface area contributed by atoms with Crippen LogP contribution in [0.5, 0.6) is 0 Å². The Morgan fingerprint density at radius 1 is 1.14 bits per heavy atom. The Bertz CT molecular complexity index is 644. The molecular formula is C16H16Cl2N2O. The summed E-state index contributed by atoms with van der Waals surface area (Å²) >= 11 is 11.9. The molecule has 5 heteroatoms. The van der Waals surface area contributed by atoms with Crippen LogP contribution in [0.2, 0.25) is 10.0 Å². The van der Waals surface area contributed by atoms with E-state index in [0.717, 1.165) is 16.8 Å². The minimum Gasteiger partial charge on any atom is -0.338 e. The predicted molar refractivity (Wildman–Crippen MR) is 88.4 cm³/mol. The second-order valence-electron chi connectivity index (χ2n) is 4.74. The molecule has 0 saturated carbocycles. The number of benzene rings is 2. The van der Waals surface area contributed by atoms with Crippen molar-refractivity contribution in [3.05, 3.63) is 63.6 Å². The maximum absolute atomic E-state index is 11.8. The molecule has 0 aliphatic rings. The summed E-state index contributed by atoms with van der Waals surface area (Å²) in [7, 11) is 0. The number of carbonyl (C=O) groups excluding carboxylic acids is 1. The van der Waals surface area contributed by atoms with Gasteiger partial charge in [-0.1, -0.05) is 41.4 Å². The molecule has 0 fully saturated rings. The zero-order chi connectivity index (χ0) is 15.2. The lowest BCUT2D eigenvalue weighted by atomic mass is 10.1. The third-order valence-electron chi connectivity index (χ3n) is 2.97. The standard InChI is InChI=1S/C16H16Cl2N2O/c1-11-3-2-4-14(9-11)20-16(21)19-8-7-12-5-6-13(17)10-15(12)18/h2-6,9-10H,7-8H2,1H3,(H2,19,20,21). The normalized spacial score (nSPS) is 10.2. The van der Waals surface area contributed by atoms with E-state index in [2.05, 4.69) is 10.6 Å². The Hall–Kier alpha value is -1.71. The molecule has 110 valence electrons. The molecule has 2 rings (SSSR count). The SMILES string of the molecule is Cc1cccc(NC(=O)NCCc2ccc(Cl)cc2Cl)c1. The average Bonchev–Trinajstić information content (AvgIpc) is 2.41. The highest BCUT2D eigenvalue weighted by atomic mass is 35.5. The average molecular weight is 323 g/mol. The van der Waals surface area contributed by atoms with E-state index in [0.29, 0.717) is 23.0 Å². The number of aryl methyl sites for hydroxylation is 1. The van der Waals surface area contributed by atoms with Crippen molar-refractivity contribution in [1.29, 1.82) is 0 Å². The Labute approximate surface area is 134 Å². The zero-order valence-electron chi connectivity index (χ0n) is 11.6. The van der Waals surface area contributed by atoms with Gasteiger partial charge in [0.15, 0.2) is 0 Å². The summed E-state index contributed by atoms with van der Waals surface area (Å²) in [6, 6.07) is 12.8. The monoisotopic (exact) mass is 322 g/mol. The van der Waals surface area contributed by atoms with E-state index in [1.807, 2.05) is 37.3 Å².